The molecule has 2 atom stereocenters. The maximum atomic E-state index is 12.8. The monoisotopic (exact) mass is 418 g/mol. The van der Waals surface area contributed by atoms with Gasteiger partial charge < -0.3 is 9.64 Å². The van der Waals surface area contributed by atoms with Gasteiger partial charge in [0.05, 0.1) is 11.1 Å². The Labute approximate surface area is 174 Å². The normalized spacial score (nSPS) is 19.9. The summed E-state index contributed by atoms with van der Waals surface area (Å²) in [6, 6.07) is 5.48. The van der Waals surface area contributed by atoms with E-state index in [0.717, 1.165) is 17.7 Å². The quantitative estimate of drug-likeness (QED) is 0.499. The summed E-state index contributed by atoms with van der Waals surface area (Å²) in [5.41, 5.74) is 0.579. The highest BCUT2D eigenvalue weighted by Crippen LogP contribution is 2.26. The molecule has 3 rings (SSSR count). The van der Waals surface area contributed by atoms with Gasteiger partial charge in [0.2, 0.25) is 0 Å². The third kappa shape index (κ3) is 4.63. The van der Waals surface area contributed by atoms with Crippen LogP contribution in [0, 0.1) is 5.92 Å². The first-order valence-electron chi connectivity index (χ1n) is 9.84. The highest BCUT2D eigenvalue weighted by Gasteiger charge is 2.43. The molecule has 156 valence electrons. The fourth-order valence-corrected chi connectivity index (χ4v) is 4.27. The number of amides is 3. The van der Waals surface area contributed by atoms with Gasteiger partial charge in [-0.3, -0.25) is 19.3 Å². The number of nitrogens with zero attached hydrogens (tertiary/aromatic N) is 2. The van der Waals surface area contributed by atoms with Crippen molar-refractivity contribution < 1.29 is 23.9 Å². The van der Waals surface area contributed by atoms with Crippen molar-refractivity contribution in [3.05, 3.63) is 35.4 Å². The van der Waals surface area contributed by atoms with E-state index in [0.29, 0.717) is 24.8 Å². The summed E-state index contributed by atoms with van der Waals surface area (Å²) in [4.78, 5) is 53.4. The molecule has 0 bridgehead atoms. The van der Waals surface area contributed by atoms with E-state index in [1.807, 2.05) is 6.26 Å². The molecule has 0 radical (unpaired) electrons. The van der Waals surface area contributed by atoms with Gasteiger partial charge in [0.15, 0.2) is 6.61 Å². The first kappa shape index (κ1) is 21.4. The molecule has 0 aliphatic carbocycles. The number of likely N-dealkylation sites (tertiary alicyclic amines) is 1. The molecule has 1 saturated heterocycles. The molecule has 0 saturated carbocycles. The Hall–Kier alpha value is -2.35. The number of carbonyl (C=O) groups is 4. The minimum atomic E-state index is -1.04. The lowest BCUT2D eigenvalue weighted by atomic mass is 10.0. The van der Waals surface area contributed by atoms with E-state index in [-0.39, 0.29) is 30.1 Å². The number of thioether (sulfide) groups is 1. The van der Waals surface area contributed by atoms with E-state index >= 15 is 0 Å². The van der Waals surface area contributed by atoms with E-state index in [2.05, 4.69) is 6.92 Å². The summed E-state index contributed by atoms with van der Waals surface area (Å²) in [6.07, 6.45) is 4.18. The first-order valence-corrected chi connectivity index (χ1v) is 11.2. The Morgan fingerprint density at radius 2 is 1.86 bits per heavy atom. The van der Waals surface area contributed by atoms with Crippen molar-refractivity contribution in [2.45, 2.75) is 32.2 Å². The van der Waals surface area contributed by atoms with Crippen LogP contribution in [0.1, 0.15) is 46.9 Å². The highest BCUT2D eigenvalue weighted by atomic mass is 32.2. The van der Waals surface area contributed by atoms with Crippen molar-refractivity contribution in [2.24, 2.45) is 5.92 Å². The number of hydrogen-bond donors (Lipinski definition) is 0. The number of ether oxygens (including phenoxy) is 1. The molecule has 2 heterocycles. The number of carbonyl (C=O) groups excluding carboxylic acids is 4. The maximum Gasteiger partial charge on any atom is 0.329 e. The summed E-state index contributed by atoms with van der Waals surface area (Å²) in [7, 11) is 0. The highest BCUT2D eigenvalue weighted by molar-refractivity contribution is 7.98. The first-order chi connectivity index (χ1) is 13.9. The van der Waals surface area contributed by atoms with Gasteiger partial charge in [-0.15, -0.1) is 0 Å². The minimum absolute atomic E-state index is 0.240. The van der Waals surface area contributed by atoms with Crippen LogP contribution in [0.15, 0.2) is 24.3 Å². The predicted octanol–water partition coefficient (Wildman–Crippen LogP) is 2.21. The molecule has 3 amide bonds. The Kier molecular flexibility index (Phi) is 6.95. The molecule has 1 aromatic carbocycles. The van der Waals surface area contributed by atoms with Crippen molar-refractivity contribution in [3.63, 3.8) is 0 Å². The van der Waals surface area contributed by atoms with Gasteiger partial charge in [0.1, 0.15) is 6.04 Å². The van der Waals surface area contributed by atoms with Crippen LogP contribution >= 0.6 is 11.8 Å². The van der Waals surface area contributed by atoms with Crippen LogP contribution in [0.5, 0.6) is 0 Å². The van der Waals surface area contributed by atoms with Crippen molar-refractivity contribution >= 4 is 35.5 Å². The lowest BCUT2D eigenvalue weighted by molar-refractivity contribution is -0.155. The second-order valence-corrected chi connectivity index (χ2v) is 8.50. The molecule has 1 fully saturated rings. The zero-order valence-electron chi connectivity index (χ0n) is 16.8. The van der Waals surface area contributed by atoms with Crippen LogP contribution in [0.4, 0.5) is 0 Å². The molecular formula is C21H26N2O5S. The van der Waals surface area contributed by atoms with Gasteiger partial charge in [0, 0.05) is 13.1 Å². The average molecular weight is 419 g/mol. The number of imide groups is 1. The van der Waals surface area contributed by atoms with Gasteiger partial charge in [-0.05, 0) is 49.3 Å². The number of hydrogen-bond acceptors (Lipinski definition) is 6. The molecular weight excluding hydrogens is 392 g/mol. The predicted molar refractivity (Wildman–Crippen MR) is 110 cm³/mol. The van der Waals surface area contributed by atoms with E-state index < -0.39 is 23.8 Å². The molecule has 0 unspecified atom stereocenters. The second-order valence-electron chi connectivity index (χ2n) is 7.52. The Morgan fingerprint density at radius 1 is 1.21 bits per heavy atom. The van der Waals surface area contributed by atoms with E-state index in [9.17, 15) is 19.2 Å². The third-order valence-electron chi connectivity index (χ3n) is 5.35. The molecule has 0 spiro atoms. The Bertz CT molecular complexity index is 777. The van der Waals surface area contributed by atoms with E-state index in [4.69, 9.17) is 4.74 Å². The Morgan fingerprint density at radius 3 is 2.45 bits per heavy atom. The number of esters is 1. The van der Waals surface area contributed by atoms with Crippen molar-refractivity contribution in [1.82, 2.24) is 9.80 Å². The largest absolute Gasteiger partial charge is 0.454 e. The van der Waals surface area contributed by atoms with Crippen LogP contribution in [0.3, 0.4) is 0 Å². The van der Waals surface area contributed by atoms with Crippen LogP contribution in [0.25, 0.3) is 0 Å². The van der Waals surface area contributed by atoms with Crippen LogP contribution in [-0.2, 0) is 14.3 Å². The average Bonchev–Trinajstić information content (AvgIpc) is 2.97. The minimum Gasteiger partial charge on any atom is -0.454 e. The maximum absolute atomic E-state index is 12.8. The van der Waals surface area contributed by atoms with Crippen LogP contribution in [0.2, 0.25) is 0 Å². The SMILES string of the molecule is CSCC[C@@H](C(=O)OCC(=O)N1CCC[C@@H](C)C1)N1C(=O)c2ccccc2C1=O. The van der Waals surface area contributed by atoms with Gasteiger partial charge in [0.25, 0.3) is 17.7 Å². The van der Waals surface area contributed by atoms with Crippen molar-refractivity contribution in [1.29, 1.82) is 0 Å². The van der Waals surface area contributed by atoms with Gasteiger partial charge >= 0.3 is 5.97 Å². The third-order valence-corrected chi connectivity index (χ3v) is 6.00. The number of piperidine rings is 1. The zero-order chi connectivity index (χ0) is 21.0. The lowest BCUT2D eigenvalue weighted by Crippen LogP contribution is -2.47. The molecule has 29 heavy (non-hydrogen) atoms. The number of rotatable bonds is 7. The van der Waals surface area contributed by atoms with Gasteiger partial charge in [-0.2, -0.15) is 11.8 Å². The van der Waals surface area contributed by atoms with Crippen LogP contribution < -0.4 is 0 Å². The molecule has 2 aliphatic rings. The molecule has 0 N–H and O–H groups in total. The van der Waals surface area contributed by atoms with Crippen molar-refractivity contribution in [2.75, 3.05) is 31.7 Å². The zero-order valence-corrected chi connectivity index (χ0v) is 17.6. The molecule has 7 nitrogen and oxygen atoms in total. The Balaban J connectivity index is 1.68. The van der Waals surface area contributed by atoms with E-state index in [1.165, 1.54) is 11.8 Å². The molecule has 0 aromatic heterocycles. The summed E-state index contributed by atoms with van der Waals surface area (Å²) in [6.45, 7) is 3.04. The lowest BCUT2D eigenvalue weighted by Gasteiger charge is -2.31. The summed E-state index contributed by atoms with van der Waals surface area (Å²) in [5.74, 6) is -0.946. The van der Waals surface area contributed by atoms with E-state index in [1.54, 1.807) is 29.2 Å². The topological polar surface area (TPSA) is 84.0 Å². The fourth-order valence-electron chi connectivity index (χ4n) is 3.81. The van der Waals surface area contributed by atoms with Crippen molar-refractivity contribution in [3.8, 4) is 0 Å². The number of fused-ring (bicyclic) bond motifs is 1. The van der Waals surface area contributed by atoms with Crippen LogP contribution in [-0.4, -0.2) is 71.2 Å². The standard InChI is InChI=1S/C21H26N2O5S/c1-14-6-5-10-22(12-14)18(24)13-28-21(27)17(9-11-29-2)23-19(25)15-7-3-4-8-16(15)20(23)26/h3-4,7-8,14,17H,5-6,9-13H2,1-2H3/t14-,17+/m1/s1. The number of benzene rings is 1. The summed E-state index contributed by atoms with van der Waals surface area (Å²) >= 11 is 1.51. The summed E-state index contributed by atoms with van der Waals surface area (Å²) in [5, 5.41) is 0. The molecule has 8 heteroatoms. The second kappa shape index (κ2) is 9.43. The molecule has 2 aliphatic heterocycles. The van der Waals surface area contributed by atoms with Gasteiger partial charge in [-0.25, -0.2) is 4.79 Å². The summed E-state index contributed by atoms with van der Waals surface area (Å²) < 4.78 is 5.27. The molecule has 1 aromatic rings. The smallest absolute Gasteiger partial charge is 0.329 e. The van der Waals surface area contributed by atoms with Gasteiger partial charge in [-0.1, -0.05) is 19.1 Å². The fraction of sp³-hybridized carbons (Fsp3) is 0.524.